The van der Waals surface area contributed by atoms with E-state index in [-0.39, 0.29) is 0 Å². The van der Waals surface area contributed by atoms with E-state index in [0.29, 0.717) is 17.3 Å². The van der Waals surface area contributed by atoms with Gasteiger partial charge in [0, 0.05) is 35.3 Å². The fourth-order valence-electron chi connectivity index (χ4n) is 1.89. The van der Waals surface area contributed by atoms with Crippen molar-refractivity contribution in [1.82, 2.24) is 15.1 Å². The molecular formula is C13H11ClN4O. The van der Waals surface area contributed by atoms with Crippen molar-refractivity contribution >= 4 is 28.2 Å². The molecule has 0 amide bonds. The lowest BCUT2D eigenvalue weighted by Gasteiger charge is -2.08. The Labute approximate surface area is 114 Å². The molecule has 0 aliphatic rings. The molecule has 0 atom stereocenters. The molecule has 3 aromatic rings. The molecule has 1 aromatic carbocycles. The molecule has 0 fully saturated rings. The second kappa shape index (κ2) is 5.24. The van der Waals surface area contributed by atoms with Gasteiger partial charge in [0.05, 0.1) is 5.52 Å². The van der Waals surface area contributed by atoms with Crippen molar-refractivity contribution in [3.05, 3.63) is 47.7 Å². The predicted octanol–water partition coefficient (Wildman–Crippen LogP) is 2.93. The van der Waals surface area contributed by atoms with Gasteiger partial charge in [0.2, 0.25) is 6.39 Å². The third-order valence-electron chi connectivity index (χ3n) is 2.78. The van der Waals surface area contributed by atoms with Crippen molar-refractivity contribution in [2.75, 3.05) is 11.9 Å². The Morgan fingerprint density at radius 3 is 3.00 bits per heavy atom. The summed E-state index contributed by atoms with van der Waals surface area (Å²) >= 11 is 5.96. The van der Waals surface area contributed by atoms with Crippen molar-refractivity contribution in [2.24, 2.45) is 0 Å². The van der Waals surface area contributed by atoms with Crippen LogP contribution in [0.25, 0.3) is 10.9 Å². The first-order valence-electron chi connectivity index (χ1n) is 5.86. The van der Waals surface area contributed by atoms with Crippen molar-refractivity contribution in [1.29, 1.82) is 0 Å². The normalized spacial score (nSPS) is 10.8. The lowest BCUT2D eigenvalue weighted by molar-refractivity contribution is 0.410. The largest absolute Gasteiger partial charge is 0.384 e. The smallest absolute Gasteiger partial charge is 0.213 e. The van der Waals surface area contributed by atoms with E-state index in [0.717, 1.165) is 23.1 Å². The van der Waals surface area contributed by atoms with Gasteiger partial charge in [-0.1, -0.05) is 16.8 Å². The Morgan fingerprint density at radius 2 is 2.16 bits per heavy atom. The molecule has 0 spiro atoms. The number of anilines is 1. The summed E-state index contributed by atoms with van der Waals surface area (Å²) in [5.74, 6) is 0.689. The standard InChI is InChI=1S/C13H11ClN4O/c14-9-1-2-10-11(3-5-16-12(10)7-9)15-6-4-13-17-8-19-18-13/h1-3,5,7-8H,4,6H2,(H,15,16). The number of fused-ring (bicyclic) bond motifs is 1. The molecule has 0 unspecified atom stereocenters. The van der Waals surface area contributed by atoms with Crippen LogP contribution < -0.4 is 5.32 Å². The molecule has 0 radical (unpaired) electrons. The maximum atomic E-state index is 5.96. The summed E-state index contributed by atoms with van der Waals surface area (Å²) in [6, 6.07) is 7.60. The summed E-state index contributed by atoms with van der Waals surface area (Å²) in [6.07, 6.45) is 3.79. The van der Waals surface area contributed by atoms with Crippen LogP contribution in [-0.4, -0.2) is 21.7 Å². The number of aromatic nitrogens is 3. The molecule has 0 bridgehead atoms. The van der Waals surface area contributed by atoms with Crippen LogP contribution >= 0.6 is 11.6 Å². The summed E-state index contributed by atoms with van der Waals surface area (Å²) in [5, 5.41) is 8.83. The average molecular weight is 275 g/mol. The van der Waals surface area contributed by atoms with Gasteiger partial charge in [0.1, 0.15) is 0 Å². The zero-order valence-electron chi connectivity index (χ0n) is 10.0. The molecule has 0 aliphatic heterocycles. The highest BCUT2D eigenvalue weighted by Gasteiger charge is 2.03. The second-order valence-electron chi connectivity index (χ2n) is 4.04. The van der Waals surface area contributed by atoms with Crippen LogP contribution in [0.4, 0.5) is 5.69 Å². The molecule has 1 N–H and O–H groups in total. The fraction of sp³-hybridized carbons (Fsp3) is 0.154. The van der Waals surface area contributed by atoms with E-state index in [9.17, 15) is 0 Å². The van der Waals surface area contributed by atoms with Crippen molar-refractivity contribution in [3.63, 3.8) is 0 Å². The molecule has 5 nitrogen and oxygen atoms in total. The second-order valence-corrected chi connectivity index (χ2v) is 4.48. The number of hydrogen-bond acceptors (Lipinski definition) is 5. The zero-order chi connectivity index (χ0) is 13.1. The minimum Gasteiger partial charge on any atom is -0.384 e. The number of hydrogen-bond donors (Lipinski definition) is 1. The minimum absolute atomic E-state index is 0.684. The number of rotatable bonds is 4. The van der Waals surface area contributed by atoms with Gasteiger partial charge in [0.15, 0.2) is 5.82 Å². The van der Waals surface area contributed by atoms with Crippen LogP contribution in [0.3, 0.4) is 0 Å². The zero-order valence-corrected chi connectivity index (χ0v) is 10.8. The molecular weight excluding hydrogens is 264 g/mol. The first-order chi connectivity index (χ1) is 9.33. The average Bonchev–Trinajstić information content (AvgIpc) is 2.92. The lowest BCUT2D eigenvalue weighted by atomic mass is 10.2. The predicted molar refractivity (Wildman–Crippen MR) is 73.2 cm³/mol. The third kappa shape index (κ3) is 2.66. The molecule has 96 valence electrons. The molecule has 2 heterocycles. The van der Waals surface area contributed by atoms with Crippen molar-refractivity contribution < 1.29 is 4.52 Å². The Balaban J connectivity index is 1.77. The van der Waals surface area contributed by atoms with Gasteiger partial charge in [-0.25, -0.2) is 0 Å². The monoisotopic (exact) mass is 274 g/mol. The highest BCUT2D eigenvalue weighted by Crippen LogP contribution is 2.24. The summed E-state index contributed by atoms with van der Waals surface area (Å²) in [7, 11) is 0. The number of pyridine rings is 1. The van der Waals surface area contributed by atoms with Gasteiger partial charge in [-0.2, -0.15) is 4.98 Å². The lowest BCUT2D eigenvalue weighted by Crippen LogP contribution is -2.06. The fourth-order valence-corrected chi connectivity index (χ4v) is 2.05. The number of halogens is 1. The summed E-state index contributed by atoms with van der Waals surface area (Å²) in [5.41, 5.74) is 1.89. The summed E-state index contributed by atoms with van der Waals surface area (Å²) < 4.78 is 4.69. The van der Waals surface area contributed by atoms with E-state index in [1.807, 2.05) is 24.3 Å². The highest BCUT2D eigenvalue weighted by molar-refractivity contribution is 6.31. The first-order valence-corrected chi connectivity index (χ1v) is 6.24. The third-order valence-corrected chi connectivity index (χ3v) is 3.01. The molecule has 19 heavy (non-hydrogen) atoms. The maximum Gasteiger partial charge on any atom is 0.213 e. The highest BCUT2D eigenvalue weighted by atomic mass is 35.5. The van der Waals surface area contributed by atoms with E-state index in [4.69, 9.17) is 11.6 Å². The Kier molecular flexibility index (Phi) is 3.29. The summed E-state index contributed by atoms with van der Waals surface area (Å²) in [4.78, 5) is 8.27. The molecule has 6 heteroatoms. The van der Waals surface area contributed by atoms with E-state index >= 15 is 0 Å². The number of nitrogens with zero attached hydrogens (tertiary/aromatic N) is 3. The molecule has 0 saturated carbocycles. The van der Waals surface area contributed by atoms with Gasteiger partial charge < -0.3 is 9.84 Å². The van der Waals surface area contributed by atoms with E-state index < -0.39 is 0 Å². The summed E-state index contributed by atoms with van der Waals surface area (Å²) in [6.45, 7) is 0.723. The molecule has 0 aliphatic carbocycles. The van der Waals surface area contributed by atoms with Crippen LogP contribution in [0, 0.1) is 0 Å². The quantitative estimate of drug-likeness (QED) is 0.792. The minimum atomic E-state index is 0.684. The van der Waals surface area contributed by atoms with E-state index in [1.165, 1.54) is 6.39 Å². The number of nitrogens with one attached hydrogen (secondary N) is 1. The molecule has 2 aromatic heterocycles. The van der Waals surface area contributed by atoms with Crippen LogP contribution in [-0.2, 0) is 6.42 Å². The van der Waals surface area contributed by atoms with Crippen LogP contribution in [0.1, 0.15) is 5.82 Å². The van der Waals surface area contributed by atoms with Crippen molar-refractivity contribution in [2.45, 2.75) is 6.42 Å². The SMILES string of the molecule is Clc1ccc2c(NCCc3ncon3)ccnc2c1. The number of benzene rings is 1. The molecule has 3 rings (SSSR count). The first kappa shape index (κ1) is 11.9. The van der Waals surface area contributed by atoms with Gasteiger partial charge in [-0.05, 0) is 24.3 Å². The van der Waals surface area contributed by atoms with Gasteiger partial charge in [-0.3, -0.25) is 4.98 Å². The van der Waals surface area contributed by atoms with Crippen LogP contribution in [0.5, 0.6) is 0 Å². The van der Waals surface area contributed by atoms with Gasteiger partial charge >= 0.3 is 0 Å². The van der Waals surface area contributed by atoms with Crippen LogP contribution in [0.15, 0.2) is 41.4 Å². The Hall–Kier alpha value is -2.14. The topological polar surface area (TPSA) is 63.8 Å². The van der Waals surface area contributed by atoms with E-state index in [1.54, 1.807) is 6.20 Å². The Bertz CT molecular complexity index is 684. The van der Waals surface area contributed by atoms with Crippen LogP contribution in [0.2, 0.25) is 5.02 Å². The van der Waals surface area contributed by atoms with Crippen molar-refractivity contribution in [3.8, 4) is 0 Å². The van der Waals surface area contributed by atoms with Gasteiger partial charge in [-0.15, -0.1) is 0 Å². The Morgan fingerprint density at radius 1 is 1.21 bits per heavy atom. The van der Waals surface area contributed by atoms with E-state index in [2.05, 4.69) is 25.0 Å². The molecule has 0 saturated heterocycles. The van der Waals surface area contributed by atoms with Gasteiger partial charge in [0.25, 0.3) is 0 Å². The maximum absolute atomic E-state index is 5.96.